The van der Waals surface area contributed by atoms with Crippen LogP contribution in [-0.4, -0.2) is 21.4 Å². The summed E-state index contributed by atoms with van der Waals surface area (Å²) < 4.78 is 1.85. The Morgan fingerprint density at radius 1 is 1.21 bits per heavy atom. The number of thioether (sulfide) groups is 1. The van der Waals surface area contributed by atoms with Crippen LogP contribution < -0.4 is 10.9 Å². The Labute approximate surface area is 145 Å². The van der Waals surface area contributed by atoms with Crippen molar-refractivity contribution in [2.45, 2.75) is 44.9 Å². The molecule has 2 aromatic rings. The van der Waals surface area contributed by atoms with Gasteiger partial charge in [0.2, 0.25) is 5.91 Å². The molecule has 0 radical (unpaired) electrons. The fourth-order valence-corrected chi connectivity index (χ4v) is 4.30. The van der Waals surface area contributed by atoms with Crippen molar-refractivity contribution in [1.29, 1.82) is 0 Å². The molecular weight excluding hydrogens is 322 g/mol. The largest absolute Gasteiger partial charge is 0.310 e. The molecule has 0 fully saturated rings. The van der Waals surface area contributed by atoms with Crippen LogP contribution in [0.1, 0.15) is 54.7 Å². The summed E-state index contributed by atoms with van der Waals surface area (Å²) in [6.07, 6.45) is 1.79. The molecule has 6 heteroatoms. The molecule has 1 aromatic heterocycles. The van der Waals surface area contributed by atoms with Crippen LogP contribution in [0.15, 0.2) is 29.1 Å². The summed E-state index contributed by atoms with van der Waals surface area (Å²) in [6.45, 7) is 6.21. The molecule has 1 amide bonds. The molecule has 0 unspecified atom stereocenters. The molecule has 0 aliphatic carbocycles. The number of aryl methyl sites for hydroxylation is 1. The van der Waals surface area contributed by atoms with E-state index in [1.54, 1.807) is 0 Å². The molecule has 0 saturated heterocycles. The quantitative estimate of drug-likeness (QED) is 0.889. The van der Waals surface area contributed by atoms with Crippen LogP contribution in [0.3, 0.4) is 0 Å². The van der Waals surface area contributed by atoms with Crippen LogP contribution >= 0.6 is 11.8 Å². The highest BCUT2D eigenvalue weighted by atomic mass is 32.2. The summed E-state index contributed by atoms with van der Waals surface area (Å²) in [5.41, 5.74) is 2.77. The van der Waals surface area contributed by atoms with E-state index in [4.69, 9.17) is 0 Å². The van der Waals surface area contributed by atoms with Gasteiger partial charge in [0, 0.05) is 0 Å². The van der Waals surface area contributed by atoms with Gasteiger partial charge in [0.1, 0.15) is 5.82 Å². The molecule has 128 valence electrons. The lowest BCUT2D eigenvalue weighted by Crippen LogP contribution is -2.19. The zero-order valence-electron chi connectivity index (χ0n) is 14.3. The lowest BCUT2D eigenvalue weighted by atomic mass is 10.0. The molecule has 0 bridgehead atoms. The maximum absolute atomic E-state index is 12.7. The molecule has 2 heterocycles. The van der Waals surface area contributed by atoms with E-state index in [1.807, 2.05) is 35.9 Å². The topological polar surface area (TPSA) is 66.9 Å². The average Bonchev–Trinajstić information content (AvgIpc) is 2.77. The molecular formula is C18H23N3O2S. The summed E-state index contributed by atoms with van der Waals surface area (Å²) in [5.74, 6) is 0.916. The minimum absolute atomic E-state index is 0.0606. The number of aromatic amines is 1. The Morgan fingerprint density at radius 3 is 2.50 bits per heavy atom. The van der Waals surface area contributed by atoms with E-state index >= 15 is 0 Å². The Morgan fingerprint density at radius 2 is 1.88 bits per heavy atom. The van der Waals surface area contributed by atoms with Gasteiger partial charge in [-0.05, 0) is 25.3 Å². The van der Waals surface area contributed by atoms with Crippen molar-refractivity contribution >= 4 is 23.5 Å². The second kappa shape index (κ2) is 6.89. The van der Waals surface area contributed by atoms with E-state index in [-0.39, 0.29) is 22.8 Å². The standard InChI is InChI=1S/C18H23N3O2S/c1-4-13(5-2)21-17-15(18(23)20-21)16(24-10-14(22)19-17)12-8-6-11(3)7-9-12/h6-9,13,16H,4-5,10H2,1-3H3,(H,19,22)(H,20,23)/t16-/m0/s1. The van der Waals surface area contributed by atoms with Gasteiger partial charge in [0.25, 0.3) is 5.56 Å². The Hall–Kier alpha value is -1.95. The van der Waals surface area contributed by atoms with Gasteiger partial charge in [-0.15, -0.1) is 11.8 Å². The Kier molecular flexibility index (Phi) is 4.85. The van der Waals surface area contributed by atoms with E-state index < -0.39 is 0 Å². The second-order valence-corrected chi connectivity index (χ2v) is 7.29. The Balaban J connectivity index is 2.15. The number of carbonyl (C=O) groups excluding carboxylic acids is 1. The van der Waals surface area contributed by atoms with E-state index in [9.17, 15) is 9.59 Å². The number of nitrogens with one attached hydrogen (secondary N) is 2. The number of nitrogens with zero attached hydrogens (tertiary/aromatic N) is 1. The van der Waals surface area contributed by atoms with Crippen LogP contribution in [0.5, 0.6) is 0 Å². The number of carbonyl (C=O) groups is 1. The summed E-state index contributed by atoms with van der Waals surface area (Å²) in [6, 6.07) is 8.34. The SMILES string of the molecule is CCC(CC)n1[nH]c(=O)c2c1NC(=O)CS[C@H]2c1ccc(C)cc1. The maximum Gasteiger partial charge on any atom is 0.270 e. The molecule has 1 atom stereocenters. The van der Waals surface area contributed by atoms with Crippen LogP contribution in [0.4, 0.5) is 5.82 Å². The number of anilines is 1. The Bertz CT molecular complexity index is 788. The fourth-order valence-electron chi connectivity index (χ4n) is 3.18. The number of rotatable bonds is 4. The van der Waals surface area contributed by atoms with Crippen LogP contribution in [-0.2, 0) is 4.79 Å². The molecule has 24 heavy (non-hydrogen) atoms. The zero-order valence-corrected chi connectivity index (χ0v) is 15.1. The second-order valence-electron chi connectivity index (χ2n) is 6.19. The maximum atomic E-state index is 12.7. The van der Waals surface area contributed by atoms with E-state index in [0.29, 0.717) is 17.1 Å². The van der Waals surface area contributed by atoms with Crippen molar-refractivity contribution in [3.63, 3.8) is 0 Å². The van der Waals surface area contributed by atoms with E-state index in [2.05, 4.69) is 24.3 Å². The van der Waals surface area contributed by atoms with Crippen molar-refractivity contribution in [2.75, 3.05) is 11.1 Å². The summed E-state index contributed by atoms with van der Waals surface area (Å²) >= 11 is 1.50. The molecule has 2 N–H and O–H groups in total. The summed E-state index contributed by atoms with van der Waals surface area (Å²) in [5, 5.41) is 5.75. The molecule has 1 aliphatic rings. The highest BCUT2D eigenvalue weighted by Crippen LogP contribution is 2.40. The zero-order chi connectivity index (χ0) is 17.3. The van der Waals surface area contributed by atoms with Crippen LogP contribution in [0, 0.1) is 6.92 Å². The third-order valence-corrected chi connectivity index (χ3v) is 5.82. The molecule has 3 rings (SSSR count). The van der Waals surface area contributed by atoms with Gasteiger partial charge >= 0.3 is 0 Å². The first-order valence-electron chi connectivity index (χ1n) is 8.37. The van der Waals surface area contributed by atoms with E-state index in [0.717, 1.165) is 18.4 Å². The van der Waals surface area contributed by atoms with Crippen LogP contribution in [0.2, 0.25) is 0 Å². The number of fused-ring (bicyclic) bond motifs is 1. The molecule has 1 aromatic carbocycles. The minimum Gasteiger partial charge on any atom is -0.310 e. The third kappa shape index (κ3) is 3.02. The first kappa shape index (κ1) is 16.9. The predicted octanol–water partition coefficient (Wildman–Crippen LogP) is 3.62. The number of aromatic nitrogens is 2. The van der Waals surface area contributed by atoms with Gasteiger partial charge < -0.3 is 5.32 Å². The predicted molar refractivity (Wildman–Crippen MR) is 98.8 cm³/mol. The van der Waals surface area contributed by atoms with Gasteiger partial charge in [-0.25, -0.2) is 0 Å². The number of benzene rings is 1. The van der Waals surface area contributed by atoms with Crippen molar-refractivity contribution in [2.24, 2.45) is 0 Å². The van der Waals surface area contributed by atoms with Gasteiger partial charge in [0.15, 0.2) is 0 Å². The minimum atomic E-state index is -0.140. The number of amides is 1. The number of hydrogen-bond donors (Lipinski definition) is 2. The highest BCUT2D eigenvalue weighted by molar-refractivity contribution is 8.00. The van der Waals surface area contributed by atoms with Crippen molar-refractivity contribution in [3.05, 3.63) is 51.3 Å². The van der Waals surface area contributed by atoms with Crippen molar-refractivity contribution in [3.8, 4) is 0 Å². The van der Waals surface area contributed by atoms with Gasteiger partial charge in [0.05, 0.1) is 22.6 Å². The highest BCUT2D eigenvalue weighted by Gasteiger charge is 2.31. The first-order valence-corrected chi connectivity index (χ1v) is 9.42. The molecule has 0 spiro atoms. The normalized spacial score (nSPS) is 17.5. The fraction of sp³-hybridized carbons (Fsp3) is 0.444. The third-order valence-electron chi connectivity index (χ3n) is 4.55. The lowest BCUT2D eigenvalue weighted by molar-refractivity contribution is -0.113. The summed E-state index contributed by atoms with van der Waals surface area (Å²) in [4.78, 5) is 24.9. The number of hydrogen-bond acceptors (Lipinski definition) is 3. The number of H-pyrrole nitrogens is 1. The van der Waals surface area contributed by atoms with Crippen molar-refractivity contribution in [1.82, 2.24) is 9.78 Å². The molecule has 1 aliphatic heterocycles. The van der Waals surface area contributed by atoms with Crippen LogP contribution in [0.25, 0.3) is 0 Å². The molecule has 5 nitrogen and oxygen atoms in total. The smallest absolute Gasteiger partial charge is 0.270 e. The van der Waals surface area contributed by atoms with E-state index in [1.165, 1.54) is 17.3 Å². The van der Waals surface area contributed by atoms with Gasteiger partial charge in [-0.3, -0.25) is 19.4 Å². The lowest BCUT2D eigenvalue weighted by Gasteiger charge is -2.18. The van der Waals surface area contributed by atoms with Crippen molar-refractivity contribution < 1.29 is 4.79 Å². The first-order chi connectivity index (χ1) is 11.5. The monoisotopic (exact) mass is 345 g/mol. The van der Waals surface area contributed by atoms with Gasteiger partial charge in [-0.2, -0.15) is 0 Å². The molecule has 0 saturated carbocycles. The summed E-state index contributed by atoms with van der Waals surface area (Å²) in [7, 11) is 0. The average molecular weight is 345 g/mol. The van der Waals surface area contributed by atoms with Gasteiger partial charge in [-0.1, -0.05) is 43.7 Å².